The van der Waals surface area contributed by atoms with Crippen molar-refractivity contribution in [1.82, 2.24) is 0 Å². The van der Waals surface area contributed by atoms with Crippen molar-refractivity contribution >= 4 is 0 Å². The standard InChI is InChI=1S/C28H44O3/c1-19-9-12-23(29)18-22(19)11-10-21-8-7-16-27(5)24(13-14-25(21)27)20(2)15-17-28(6,31)26(3,4)30/h10-11,15,17,20,23-25,29-31H,1,7-9,12-14,16,18H2,2-6H3/b17-15+,21-10+,22-11-/t20-,23+,24-,25+,27-,28?/m1/s1. The number of allylic oxidation sites excluding steroid dienone is 5. The van der Waals surface area contributed by atoms with Crippen LogP contribution in [0.1, 0.15) is 86.0 Å². The van der Waals surface area contributed by atoms with Crippen LogP contribution in [0.2, 0.25) is 0 Å². The van der Waals surface area contributed by atoms with Crippen LogP contribution in [0.25, 0.3) is 0 Å². The van der Waals surface area contributed by atoms with Crippen LogP contribution < -0.4 is 0 Å². The van der Waals surface area contributed by atoms with Gasteiger partial charge in [-0.1, -0.05) is 55.9 Å². The summed E-state index contributed by atoms with van der Waals surface area (Å²) in [6.07, 6.45) is 16.8. The molecule has 0 amide bonds. The molecule has 31 heavy (non-hydrogen) atoms. The lowest BCUT2D eigenvalue weighted by Crippen LogP contribution is -2.46. The summed E-state index contributed by atoms with van der Waals surface area (Å²) in [6.45, 7) is 13.9. The zero-order chi connectivity index (χ0) is 23.0. The lowest BCUT2D eigenvalue weighted by Gasteiger charge is -2.44. The number of hydrogen-bond acceptors (Lipinski definition) is 3. The maximum absolute atomic E-state index is 10.6. The van der Waals surface area contributed by atoms with Crippen molar-refractivity contribution in [3.8, 4) is 0 Å². The molecule has 3 heteroatoms. The van der Waals surface area contributed by atoms with Crippen LogP contribution in [0.4, 0.5) is 0 Å². The van der Waals surface area contributed by atoms with Crippen molar-refractivity contribution in [3.05, 3.63) is 47.6 Å². The summed E-state index contributed by atoms with van der Waals surface area (Å²) in [5.74, 6) is 1.54. The molecular formula is C28H44O3. The molecule has 1 unspecified atom stereocenters. The Morgan fingerprint density at radius 1 is 1.10 bits per heavy atom. The summed E-state index contributed by atoms with van der Waals surface area (Å²) in [7, 11) is 0. The van der Waals surface area contributed by atoms with E-state index >= 15 is 0 Å². The summed E-state index contributed by atoms with van der Waals surface area (Å²) < 4.78 is 0. The summed E-state index contributed by atoms with van der Waals surface area (Å²) >= 11 is 0. The molecule has 174 valence electrons. The topological polar surface area (TPSA) is 60.7 Å². The molecule has 3 aliphatic carbocycles. The molecule has 0 radical (unpaired) electrons. The highest BCUT2D eigenvalue weighted by atomic mass is 16.3. The van der Waals surface area contributed by atoms with E-state index < -0.39 is 11.2 Å². The SMILES string of the molecule is C=C1CC[C@H](O)C/C1=C/C=C1\CCC[C@]2(C)[C@@H]([C@H](C)/C=C/C(C)(O)C(C)(C)O)CC[C@@H]12. The third-order valence-electron chi connectivity index (χ3n) is 8.82. The number of rotatable bonds is 5. The molecule has 3 N–H and O–H groups in total. The minimum atomic E-state index is -1.24. The monoisotopic (exact) mass is 428 g/mol. The smallest absolute Gasteiger partial charge is 0.108 e. The van der Waals surface area contributed by atoms with Gasteiger partial charge < -0.3 is 15.3 Å². The Hall–Kier alpha value is -1.16. The van der Waals surface area contributed by atoms with Gasteiger partial charge in [-0.2, -0.15) is 0 Å². The maximum Gasteiger partial charge on any atom is 0.108 e. The van der Waals surface area contributed by atoms with Gasteiger partial charge in [0.25, 0.3) is 0 Å². The molecule has 0 aliphatic heterocycles. The molecule has 0 bridgehead atoms. The van der Waals surface area contributed by atoms with Crippen molar-refractivity contribution in [1.29, 1.82) is 0 Å². The Labute approximate surface area is 189 Å². The van der Waals surface area contributed by atoms with Crippen molar-refractivity contribution in [2.24, 2.45) is 23.2 Å². The van der Waals surface area contributed by atoms with E-state index in [-0.39, 0.29) is 11.5 Å². The third-order valence-corrected chi connectivity index (χ3v) is 8.82. The average Bonchev–Trinajstić information content (AvgIpc) is 3.03. The third kappa shape index (κ3) is 5.10. The predicted molar refractivity (Wildman–Crippen MR) is 129 cm³/mol. The first kappa shape index (κ1) is 24.5. The molecule has 0 aromatic rings. The second-order valence-electron chi connectivity index (χ2n) is 11.5. The molecule has 3 nitrogen and oxygen atoms in total. The van der Waals surface area contributed by atoms with E-state index in [1.54, 1.807) is 32.4 Å². The minimum absolute atomic E-state index is 0.226. The van der Waals surface area contributed by atoms with Gasteiger partial charge in [-0.05, 0) is 101 Å². The van der Waals surface area contributed by atoms with E-state index in [1.165, 1.54) is 43.3 Å². The van der Waals surface area contributed by atoms with Crippen LogP contribution in [0.3, 0.4) is 0 Å². The number of hydrogen-bond donors (Lipinski definition) is 3. The molecule has 0 aromatic heterocycles. The van der Waals surface area contributed by atoms with Crippen LogP contribution in [0.15, 0.2) is 47.6 Å². The number of fused-ring (bicyclic) bond motifs is 1. The van der Waals surface area contributed by atoms with Gasteiger partial charge >= 0.3 is 0 Å². The molecule has 0 heterocycles. The summed E-state index contributed by atoms with van der Waals surface area (Å²) in [6, 6.07) is 0. The van der Waals surface area contributed by atoms with Gasteiger partial charge in [-0.15, -0.1) is 0 Å². The zero-order valence-electron chi connectivity index (χ0n) is 20.3. The molecule has 0 aromatic carbocycles. The molecule has 3 aliphatic rings. The van der Waals surface area contributed by atoms with Crippen molar-refractivity contribution in [3.63, 3.8) is 0 Å². The van der Waals surface area contributed by atoms with Crippen molar-refractivity contribution in [2.45, 2.75) is 103 Å². The quantitative estimate of drug-likeness (QED) is 0.480. The fourth-order valence-electron chi connectivity index (χ4n) is 6.22. The van der Waals surface area contributed by atoms with Gasteiger partial charge in [-0.25, -0.2) is 0 Å². The number of aliphatic hydroxyl groups excluding tert-OH is 1. The van der Waals surface area contributed by atoms with E-state index in [2.05, 4.69) is 38.7 Å². The Kier molecular flexibility index (Phi) is 7.11. The van der Waals surface area contributed by atoms with Gasteiger partial charge in [0.15, 0.2) is 0 Å². The second-order valence-corrected chi connectivity index (χ2v) is 11.5. The van der Waals surface area contributed by atoms with Crippen molar-refractivity contribution < 1.29 is 15.3 Å². The van der Waals surface area contributed by atoms with Crippen LogP contribution in [0, 0.1) is 23.2 Å². The highest BCUT2D eigenvalue weighted by Crippen LogP contribution is 2.59. The van der Waals surface area contributed by atoms with E-state index in [4.69, 9.17) is 0 Å². The summed E-state index contributed by atoms with van der Waals surface area (Å²) in [5, 5.41) is 30.9. The minimum Gasteiger partial charge on any atom is -0.393 e. The van der Waals surface area contributed by atoms with E-state index in [0.29, 0.717) is 17.8 Å². The molecular weight excluding hydrogens is 384 g/mol. The average molecular weight is 429 g/mol. The predicted octanol–water partition coefficient (Wildman–Crippen LogP) is 5.87. The molecule has 0 spiro atoms. The summed E-state index contributed by atoms with van der Waals surface area (Å²) in [4.78, 5) is 0. The first-order valence-corrected chi connectivity index (χ1v) is 12.2. The van der Waals surface area contributed by atoms with Gasteiger partial charge in [0.1, 0.15) is 5.60 Å². The number of aliphatic hydroxyl groups is 3. The maximum atomic E-state index is 10.6. The zero-order valence-corrected chi connectivity index (χ0v) is 20.3. The van der Waals surface area contributed by atoms with Gasteiger partial charge in [0, 0.05) is 0 Å². The van der Waals surface area contributed by atoms with Gasteiger partial charge in [0.05, 0.1) is 11.7 Å². The van der Waals surface area contributed by atoms with Gasteiger partial charge in [0.2, 0.25) is 0 Å². The van der Waals surface area contributed by atoms with Crippen molar-refractivity contribution in [2.75, 3.05) is 0 Å². The van der Waals surface area contributed by atoms with Crippen LogP contribution in [0.5, 0.6) is 0 Å². The normalized spacial score (nSPS) is 37.9. The Morgan fingerprint density at radius 3 is 2.48 bits per heavy atom. The Morgan fingerprint density at radius 2 is 1.81 bits per heavy atom. The summed E-state index contributed by atoms with van der Waals surface area (Å²) in [5.41, 5.74) is 1.83. The lowest BCUT2D eigenvalue weighted by atomic mass is 9.61. The fraction of sp³-hybridized carbons (Fsp3) is 0.714. The van der Waals surface area contributed by atoms with E-state index in [0.717, 1.165) is 19.3 Å². The van der Waals surface area contributed by atoms with Crippen LogP contribution >= 0.6 is 0 Å². The Bertz CT molecular complexity index is 764. The van der Waals surface area contributed by atoms with E-state index in [1.807, 2.05) is 0 Å². The Balaban J connectivity index is 1.77. The molecule has 3 rings (SSSR count). The highest BCUT2D eigenvalue weighted by molar-refractivity contribution is 5.36. The molecule has 3 saturated carbocycles. The highest BCUT2D eigenvalue weighted by Gasteiger charge is 2.50. The van der Waals surface area contributed by atoms with Gasteiger partial charge in [-0.3, -0.25) is 0 Å². The molecule has 3 fully saturated rings. The largest absolute Gasteiger partial charge is 0.393 e. The molecule has 6 atom stereocenters. The first-order chi connectivity index (χ1) is 14.3. The van der Waals surface area contributed by atoms with E-state index in [9.17, 15) is 15.3 Å². The second kappa shape index (κ2) is 9.00. The lowest BCUT2D eigenvalue weighted by molar-refractivity contribution is -0.0886. The fourth-order valence-corrected chi connectivity index (χ4v) is 6.22. The molecule has 0 saturated heterocycles. The van der Waals surface area contributed by atoms with Crippen LogP contribution in [-0.2, 0) is 0 Å². The first-order valence-electron chi connectivity index (χ1n) is 12.2. The van der Waals surface area contributed by atoms with Crippen LogP contribution in [-0.4, -0.2) is 32.6 Å².